The fraction of sp³-hybridized carbons (Fsp3) is 0.538. The quantitative estimate of drug-likeness (QED) is 0.594. The maximum atomic E-state index is 13.0. The van der Waals surface area contributed by atoms with Crippen LogP contribution in [0, 0.1) is 5.82 Å². The topological polar surface area (TPSA) is 32.3 Å². The number of hydrogen-bond acceptors (Lipinski definition) is 2. The molecule has 6 heteroatoms. The molecule has 108 valence electrons. The van der Waals surface area contributed by atoms with Gasteiger partial charge in [-0.15, -0.1) is 0 Å². The van der Waals surface area contributed by atoms with Crippen LogP contribution < -0.4 is 5.32 Å². The molecular weight excluding hydrogens is 262 g/mol. The highest BCUT2D eigenvalue weighted by Gasteiger charge is 2.34. The van der Waals surface area contributed by atoms with Gasteiger partial charge in [0.2, 0.25) is 0 Å². The normalized spacial score (nSPS) is 11.8. The number of nitrogens with one attached hydrogen (secondary N) is 1. The minimum Gasteiger partial charge on any atom is -0.396 e. The number of halogens is 4. The SMILES string of the molecule is OCCCCCNCc1ccc(F)c(C(F)(F)F)c1. The van der Waals surface area contributed by atoms with E-state index in [1.807, 2.05) is 0 Å². The predicted molar refractivity (Wildman–Crippen MR) is 64.0 cm³/mol. The van der Waals surface area contributed by atoms with Crippen molar-refractivity contribution in [2.75, 3.05) is 13.2 Å². The van der Waals surface area contributed by atoms with Crippen LogP contribution in [0.15, 0.2) is 18.2 Å². The maximum absolute atomic E-state index is 13.0. The van der Waals surface area contributed by atoms with Gasteiger partial charge in [-0.25, -0.2) is 4.39 Å². The highest BCUT2D eigenvalue weighted by Crippen LogP contribution is 2.31. The fourth-order valence-corrected chi connectivity index (χ4v) is 1.67. The molecule has 2 N–H and O–H groups in total. The van der Waals surface area contributed by atoms with Crippen LogP contribution in [0.25, 0.3) is 0 Å². The van der Waals surface area contributed by atoms with Crippen LogP contribution in [0.3, 0.4) is 0 Å². The van der Waals surface area contributed by atoms with E-state index in [-0.39, 0.29) is 13.2 Å². The molecule has 0 saturated heterocycles. The molecular formula is C13H17F4NO. The van der Waals surface area contributed by atoms with Crippen LogP contribution in [-0.2, 0) is 12.7 Å². The van der Waals surface area contributed by atoms with Crippen molar-refractivity contribution in [3.63, 3.8) is 0 Å². The van der Waals surface area contributed by atoms with Crippen molar-refractivity contribution < 1.29 is 22.7 Å². The molecule has 0 spiro atoms. The zero-order valence-corrected chi connectivity index (χ0v) is 10.4. The van der Waals surface area contributed by atoms with Crippen molar-refractivity contribution in [1.29, 1.82) is 0 Å². The number of aliphatic hydroxyl groups excluding tert-OH is 1. The first-order chi connectivity index (χ1) is 8.95. The van der Waals surface area contributed by atoms with Gasteiger partial charge in [-0.2, -0.15) is 13.2 Å². The Morgan fingerprint density at radius 1 is 1.11 bits per heavy atom. The molecule has 0 amide bonds. The molecule has 0 unspecified atom stereocenters. The lowest BCUT2D eigenvalue weighted by Crippen LogP contribution is -2.16. The number of rotatable bonds is 7. The number of hydrogen-bond donors (Lipinski definition) is 2. The Morgan fingerprint density at radius 2 is 1.84 bits per heavy atom. The van der Waals surface area contributed by atoms with Gasteiger partial charge in [-0.3, -0.25) is 0 Å². The highest BCUT2D eigenvalue weighted by atomic mass is 19.4. The van der Waals surface area contributed by atoms with Gasteiger partial charge in [0.1, 0.15) is 5.82 Å². The molecule has 0 heterocycles. The Labute approximate surface area is 109 Å². The van der Waals surface area contributed by atoms with E-state index in [2.05, 4.69) is 5.32 Å². The number of unbranched alkanes of at least 4 members (excludes halogenated alkanes) is 2. The summed E-state index contributed by atoms with van der Waals surface area (Å²) in [4.78, 5) is 0. The molecule has 0 aliphatic heterocycles. The van der Waals surface area contributed by atoms with E-state index in [1.165, 1.54) is 6.07 Å². The molecule has 1 aromatic carbocycles. The van der Waals surface area contributed by atoms with Crippen molar-refractivity contribution in [3.05, 3.63) is 35.1 Å². The van der Waals surface area contributed by atoms with Crippen LogP contribution >= 0.6 is 0 Å². The van der Waals surface area contributed by atoms with E-state index >= 15 is 0 Å². The Hall–Kier alpha value is -1.14. The first-order valence-electron chi connectivity index (χ1n) is 6.12. The molecule has 0 radical (unpaired) electrons. The minimum atomic E-state index is -4.67. The van der Waals surface area contributed by atoms with Gasteiger partial charge < -0.3 is 10.4 Å². The summed E-state index contributed by atoms with van der Waals surface area (Å²) >= 11 is 0. The van der Waals surface area contributed by atoms with Crippen molar-refractivity contribution in [3.8, 4) is 0 Å². The van der Waals surface area contributed by atoms with Gasteiger partial charge in [0, 0.05) is 13.2 Å². The number of aliphatic hydroxyl groups is 1. The summed E-state index contributed by atoms with van der Waals surface area (Å²) in [5.74, 6) is -1.25. The van der Waals surface area contributed by atoms with Crippen LogP contribution in [0.1, 0.15) is 30.4 Å². The van der Waals surface area contributed by atoms with Crippen LogP contribution in [0.4, 0.5) is 17.6 Å². The molecule has 0 bridgehead atoms. The molecule has 0 atom stereocenters. The lowest BCUT2D eigenvalue weighted by Gasteiger charge is -2.10. The summed E-state index contributed by atoms with van der Waals surface area (Å²) in [5.41, 5.74) is -0.831. The molecule has 0 aliphatic carbocycles. The zero-order chi connectivity index (χ0) is 14.3. The van der Waals surface area contributed by atoms with Crippen LogP contribution in [0.5, 0.6) is 0 Å². The van der Waals surface area contributed by atoms with E-state index in [0.29, 0.717) is 12.1 Å². The standard InChI is InChI=1S/C13H17F4NO/c14-12-5-4-10(8-11(12)13(15,16)17)9-18-6-2-1-3-7-19/h4-5,8,18-19H,1-3,6-7,9H2. The second-order valence-corrected chi connectivity index (χ2v) is 4.27. The third-order valence-corrected chi connectivity index (χ3v) is 2.68. The summed E-state index contributed by atoms with van der Waals surface area (Å²) in [6.07, 6.45) is -2.24. The van der Waals surface area contributed by atoms with E-state index in [9.17, 15) is 17.6 Å². The molecule has 0 aromatic heterocycles. The van der Waals surface area contributed by atoms with E-state index in [4.69, 9.17) is 5.11 Å². The van der Waals surface area contributed by atoms with Crippen molar-refractivity contribution in [2.45, 2.75) is 32.0 Å². The smallest absolute Gasteiger partial charge is 0.396 e. The summed E-state index contributed by atoms with van der Waals surface area (Å²) in [6.45, 7) is 1.06. The van der Waals surface area contributed by atoms with Gasteiger partial charge in [-0.1, -0.05) is 6.07 Å². The van der Waals surface area contributed by atoms with Crippen LogP contribution in [0.2, 0.25) is 0 Å². The molecule has 19 heavy (non-hydrogen) atoms. The van der Waals surface area contributed by atoms with E-state index in [1.54, 1.807) is 0 Å². The van der Waals surface area contributed by atoms with Crippen molar-refractivity contribution in [2.24, 2.45) is 0 Å². The monoisotopic (exact) mass is 279 g/mol. The molecule has 0 aliphatic rings. The molecule has 1 aromatic rings. The third-order valence-electron chi connectivity index (χ3n) is 2.68. The van der Waals surface area contributed by atoms with Gasteiger partial charge in [-0.05, 0) is 43.5 Å². The zero-order valence-electron chi connectivity index (χ0n) is 10.4. The van der Waals surface area contributed by atoms with Crippen molar-refractivity contribution >= 4 is 0 Å². The molecule has 1 rings (SSSR count). The second kappa shape index (κ2) is 7.45. The second-order valence-electron chi connectivity index (χ2n) is 4.27. The largest absolute Gasteiger partial charge is 0.419 e. The third kappa shape index (κ3) is 5.57. The van der Waals surface area contributed by atoms with Gasteiger partial charge in [0.05, 0.1) is 5.56 Å². The predicted octanol–water partition coefficient (Wildman–Crippen LogP) is 3.10. The van der Waals surface area contributed by atoms with Gasteiger partial charge in [0.25, 0.3) is 0 Å². The number of benzene rings is 1. The lowest BCUT2D eigenvalue weighted by atomic mass is 10.1. The first kappa shape index (κ1) is 15.9. The molecule has 0 fully saturated rings. The Balaban J connectivity index is 2.47. The van der Waals surface area contributed by atoms with E-state index in [0.717, 1.165) is 31.4 Å². The minimum absolute atomic E-state index is 0.146. The van der Waals surface area contributed by atoms with E-state index < -0.39 is 17.6 Å². The Kier molecular flexibility index (Phi) is 6.24. The average Bonchev–Trinajstić information content (AvgIpc) is 2.34. The fourth-order valence-electron chi connectivity index (χ4n) is 1.67. The summed E-state index contributed by atoms with van der Waals surface area (Å²) in [6, 6.07) is 3.01. The molecule has 0 saturated carbocycles. The van der Waals surface area contributed by atoms with Gasteiger partial charge >= 0.3 is 6.18 Å². The average molecular weight is 279 g/mol. The molecule has 2 nitrogen and oxygen atoms in total. The Morgan fingerprint density at radius 3 is 2.47 bits per heavy atom. The number of alkyl halides is 3. The summed E-state index contributed by atoms with van der Waals surface area (Å²) in [5, 5.41) is 11.6. The maximum Gasteiger partial charge on any atom is 0.419 e. The summed E-state index contributed by atoms with van der Waals surface area (Å²) < 4.78 is 50.4. The first-order valence-corrected chi connectivity index (χ1v) is 6.12. The highest BCUT2D eigenvalue weighted by molar-refractivity contribution is 5.27. The Bertz CT molecular complexity index is 393. The lowest BCUT2D eigenvalue weighted by molar-refractivity contribution is -0.140. The van der Waals surface area contributed by atoms with Crippen molar-refractivity contribution in [1.82, 2.24) is 5.32 Å². The van der Waals surface area contributed by atoms with Gasteiger partial charge in [0.15, 0.2) is 0 Å². The van der Waals surface area contributed by atoms with Crippen LogP contribution in [-0.4, -0.2) is 18.3 Å². The summed E-state index contributed by atoms with van der Waals surface area (Å²) in [7, 11) is 0.